The molecule has 1 aliphatic heterocycles. The van der Waals surface area contributed by atoms with Crippen molar-refractivity contribution in [2.24, 2.45) is 5.92 Å². The van der Waals surface area contributed by atoms with Crippen LogP contribution in [0.5, 0.6) is 11.5 Å². The van der Waals surface area contributed by atoms with Gasteiger partial charge in [0.05, 0.1) is 31.1 Å². The predicted octanol–water partition coefficient (Wildman–Crippen LogP) is 5.67. The number of nitrogens with zero attached hydrogens (tertiary/aromatic N) is 1. The molecule has 0 bridgehead atoms. The standard InChI is InChI=1S/C25H24ClNO5S2/c1-14-4-8-17(9-5-14)33-23-21(25(29)30)22(19-10-11-20(26)34-19)27(24(23)28)13-15-6-7-16(31-2)12-18(15)32-3/h4-12,21-23H,13H2,1-3H3,(H,29,30). The van der Waals surface area contributed by atoms with E-state index in [0.29, 0.717) is 15.8 Å². The number of thioether (sulfide) groups is 1. The van der Waals surface area contributed by atoms with Gasteiger partial charge in [-0.15, -0.1) is 23.1 Å². The molecule has 34 heavy (non-hydrogen) atoms. The first-order valence-electron chi connectivity index (χ1n) is 10.5. The molecule has 2 aromatic carbocycles. The van der Waals surface area contributed by atoms with Gasteiger partial charge in [-0.1, -0.05) is 29.3 Å². The number of hydrogen-bond acceptors (Lipinski definition) is 6. The van der Waals surface area contributed by atoms with Crippen LogP contribution in [0.25, 0.3) is 0 Å². The molecule has 1 saturated heterocycles. The lowest BCUT2D eigenvalue weighted by Gasteiger charge is -2.26. The summed E-state index contributed by atoms with van der Waals surface area (Å²) in [6, 6.07) is 16.0. The summed E-state index contributed by atoms with van der Waals surface area (Å²) in [5, 5.41) is 9.47. The summed E-state index contributed by atoms with van der Waals surface area (Å²) in [7, 11) is 3.12. The van der Waals surface area contributed by atoms with Crippen LogP contribution in [0.3, 0.4) is 0 Å². The number of ether oxygens (including phenoxy) is 2. The van der Waals surface area contributed by atoms with E-state index in [9.17, 15) is 14.7 Å². The first-order chi connectivity index (χ1) is 16.3. The highest BCUT2D eigenvalue weighted by Crippen LogP contribution is 2.48. The molecule has 1 aromatic heterocycles. The van der Waals surface area contributed by atoms with E-state index in [1.165, 1.54) is 23.1 Å². The fraction of sp³-hybridized carbons (Fsp3) is 0.280. The van der Waals surface area contributed by atoms with E-state index < -0.39 is 23.2 Å². The van der Waals surface area contributed by atoms with Crippen molar-refractivity contribution in [3.8, 4) is 11.5 Å². The summed E-state index contributed by atoms with van der Waals surface area (Å²) in [5.41, 5.74) is 1.85. The molecule has 3 aromatic rings. The minimum absolute atomic E-state index is 0.195. The molecule has 178 valence electrons. The maximum Gasteiger partial charge on any atom is 0.310 e. The molecule has 1 aliphatic rings. The molecule has 0 radical (unpaired) electrons. The Morgan fingerprint density at radius 2 is 1.85 bits per heavy atom. The molecule has 0 spiro atoms. The maximum atomic E-state index is 13.8. The number of halogens is 1. The molecule has 1 N–H and O–H groups in total. The number of benzene rings is 2. The Morgan fingerprint density at radius 1 is 1.12 bits per heavy atom. The summed E-state index contributed by atoms with van der Waals surface area (Å²) in [5.74, 6) is -0.998. The Hall–Kier alpha value is -2.68. The van der Waals surface area contributed by atoms with E-state index in [1.807, 2.05) is 37.3 Å². The second kappa shape index (κ2) is 10.3. The van der Waals surface area contributed by atoms with Crippen LogP contribution in [-0.2, 0) is 16.1 Å². The van der Waals surface area contributed by atoms with E-state index in [4.69, 9.17) is 21.1 Å². The fourth-order valence-electron chi connectivity index (χ4n) is 4.13. The summed E-state index contributed by atoms with van der Waals surface area (Å²) >= 11 is 8.79. The van der Waals surface area contributed by atoms with Gasteiger partial charge in [-0.3, -0.25) is 9.59 Å². The Balaban J connectivity index is 1.75. The molecule has 9 heteroatoms. The third-order valence-corrected chi connectivity index (χ3v) is 8.41. The van der Waals surface area contributed by atoms with Gasteiger partial charge in [0.1, 0.15) is 22.7 Å². The average Bonchev–Trinajstić information content (AvgIpc) is 3.37. The van der Waals surface area contributed by atoms with Crippen LogP contribution in [-0.4, -0.2) is 41.4 Å². The third-order valence-electron chi connectivity index (χ3n) is 5.82. The number of aryl methyl sites for hydroxylation is 1. The van der Waals surface area contributed by atoms with E-state index in [-0.39, 0.29) is 12.5 Å². The second-order valence-electron chi connectivity index (χ2n) is 7.95. The van der Waals surface area contributed by atoms with Crippen molar-refractivity contribution in [2.45, 2.75) is 29.7 Å². The highest BCUT2D eigenvalue weighted by molar-refractivity contribution is 8.00. The van der Waals surface area contributed by atoms with Crippen LogP contribution < -0.4 is 9.47 Å². The summed E-state index contributed by atoms with van der Waals surface area (Å²) in [6.45, 7) is 2.18. The number of carboxylic acid groups (broad SMARTS) is 1. The van der Waals surface area contributed by atoms with Crippen molar-refractivity contribution in [1.82, 2.24) is 4.90 Å². The molecule has 0 aliphatic carbocycles. The van der Waals surface area contributed by atoms with Crippen molar-refractivity contribution >= 4 is 46.6 Å². The molecule has 1 fully saturated rings. The Morgan fingerprint density at radius 3 is 2.44 bits per heavy atom. The highest BCUT2D eigenvalue weighted by Gasteiger charge is 2.53. The number of carbonyl (C=O) groups is 2. The second-order valence-corrected chi connectivity index (χ2v) is 10.9. The zero-order valence-corrected chi connectivity index (χ0v) is 21.2. The van der Waals surface area contributed by atoms with Crippen molar-refractivity contribution in [2.75, 3.05) is 14.2 Å². The molecule has 2 heterocycles. The molecule has 6 nitrogen and oxygen atoms in total. The van der Waals surface area contributed by atoms with Crippen LogP contribution in [0, 0.1) is 12.8 Å². The zero-order valence-electron chi connectivity index (χ0n) is 18.9. The largest absolute Gasteiger partial charge is 0.497 e. The van der Waals surface area contributed by atoms with E-state index in [0.717, 1.165) is 20.9 Å². The molecule has 3 atom stereocenters. The number of hydrogen-bond donors (Lipinski definition) is 1. The van der Waals surface area contributed by atoms with Crippen LogP contribution in [0.15, 0.2) is 59.5 Å². The molecular formula is C25H24ClNO5S2. The van der Waals surface area contributed by atoms with E-state index in [2.05, 4.69) is 0 Å². The first kappa shape index (κ1) is 24.4. The van der Waals surface area contributed by atoms with E-state index >= 15 is 0 Å². The van der Waals surface area contributed by atoms with Crippen LogP contribution in [0.1, 0.15) is 22.0 Å². The monoisotopic (exact) mass is 517 g/mol. The first-order valence-corrected chi connectivity index (χ1v) is 12.6. The lowest BCUT2D eigenvalue weighted by molar-refractivity contribution is -0.142. The van der Waals surface area contributed by atoms with Gasteiger partial charge in [-0.05, 0) is 43.3 Å². The van der Waals surface area contributed by atoms with Gasteiger partial charge in [0, 0.05) is 21.4 Å². The van der Waals surface area contributed by atoms with Gasteiger partial charge < -0.3 is 19.5 Å². The van der Waals surface area contributed by atoms with Crippen molar-refractivity contribution < 1.29 is 24.2 Å². The van der Waals surface area contributed by atoms with Gasteiger partial charge >= 0.3 is 5.97 Å². The fourth-order valence-corrected chi connectivity index (χ4v) is 6.58. The maximum absolute atomic E-state index is 13.8. The van der Waals surface area contributed by atoms with Crippen LogP contribution in [0.2, 0.25) is 4.34 Å². The van der Waals surface area contributed by atoms with Crippen molar-refractivity contribution in [3.05, 3.63) is 74.9 Å². The summed E-state index contributed by atoms with van der Waals surface area (Å²) < 4.78 is 11.4. The number of rotatable bonds is 8. The number of thiophene rings is 1. The normalized spacial score (nSPS) is 19.9. The SMILES string of the molecule is COc1ccc(CN2C(=O)C(Sc3ccc(C)cc3)C(C(=O)O)C2c2ccc(Cl)s2)c(OC)c1. The summed E-state index contributed by atoms with van der Waals surface area (Å²) in [6.07, 6.45) is 0. The van der Waals surface area contributed by atoms with Gasteiger partial charge in [0.25, 0.3) is 0 Å². The number of carboxylic acids is 1. The number of carbonyl (C=O) groups excluding carboxylic acids is 1. The lowest BCUT2D eigenvalue weighted by atomic mass is 9.98. The number of likely N-dealkylation sites (tertiary alicyclic amines) is 1. The Bertz CT molecular complexity index is 1200. The van der Waals surface area contributed by atoms with Gasteiger partial charge in [-0.25, -0.2) is 0 Å². The van der Waals surface area contributed by atoms with E-state index in [1.54, 1.807) is 43.4 Å². The Labute approximate surface area is 211 Å². The number of aliphatic carboxylic acids is 1. The molecule has 0 saturated carbocycles. The zero-order chi connectivity index (χ0) is 24.4. The van der Waals surface area contributed by atoms with Gasteiger partial charge in [0.2, 0.25) is 5.91 Å². The molecule has 4 rings (SSSR count). The van der Waals surface area contributed by atoms with Crippen LogP contribution in [0.4, 0.5) is 0 Å². The lowest BCUT2D eigenvalue weighted by Crippen LogP contribution is -2.30. The summed E-state index contributed by atoms with van der Waals surface area (Å²) in [4.78, 5) is 29.5. The molecular weight excluding hydrogens is 494 g/mol. The third kappa shape index (κ3) is 4.89. The van der Waals surface area contributed by atoms with Crippen molar-refractivity contribution in [3.63, 3.8) is 0 Å². The average molecular weight is 518 g/mol. The number of methoxy groups -OCH3 is 2. The van der Waals surface area contributed by atoms with Gasteiger partial charge in [-0.2, -0.15) is 0 Å². The minimum Gasteiger partial charge on any atom is -0.497 e. The highest BCUT2D eigenvalue weighted by atomic mass is 35.5. The molecule has 1 amide bonds. The Kier molecular flexibility index (Phi) is 7.40. The quantitative estimate of drug-likeness (QED) is 0.415. The smallest absolute Gasteiger partial charge is 0.310 e. The predicted molar refractivity (Wildman–Crippen MR) is 134 cm³/mol. The minimum atomic E-state index is -1.02. The molecule has 3 unspecified atom stereocenters. The van der Waals surface area contributed by atoms with Crippen LogP contribution >= 0.6 is 34.7 Å². The topological polar surface area (TPSA) is 76.1 Å². The van der Waals surface area contributed by atoms with Crippen molar-refractivity contribution in [1.29, 1.82) is 0 Å². The van der Waals surface area contributed by atoms with Gasteiger partial charge in [0.15, 0.2) is 0 Å². The number of amides is 1.